The van der Waals surface area contributed by atoms with Crippen LogP contribution >= 0.6 is 0 Å². The van der Waals surface area contributed by atoms with Gasteiger partial charge in [0, 0.05) is 11.6 Å². The summed E-state index contributed by atoms with van der Waals surface area (Å²) in [5.74, 6) is 1.36. The average Bonchev–Trinajstić information content (AvgIpc) is 3.31. The monoisotopic (exact) mass is 488 g/mol. The molecule has 5 rings (SSSR count). The van der Waals surface area contributed by atoms with E-state index in [-0.39, 0.29) is 23.0 Å². The molecule has 1 aliphatic carbocycles. The van der Waals surface area contributed by atoms with Crippen molar-refractivity contribution in [3.05, 3.63) is 95.1 Å². The van der Waals surface area contributed by atoms with E-state index in [1.807, 2.05) is 70.2 Å². The zero-order valence-electron chi connectivity index (χ0n) is 20.6. The molecular formula is C29H32N2O3S. The van der Waals surface area contributed by atoms with E-state index in [0.717, 1.165) is 34.5 Å². The Labute approximate surface area is 208 Å². The molecule has 0 bridgehead atoms. The van der Waals surface area contributed by atoms with Gasteiger partial charge in [0.2, 0.25) is 0 Å². The minimum Gasteiger partial charge on any atom is -0.491 e. The van der Waals surface area contributed by atoms with Crippen LogP contribution in [0.3, 0.4) is 0 Å². The molecule has 0 saturated heterocycles. The number of hydrogen-bond acceptors (Lipinski definition) is 4. The second-order valence-corrected chi connectivity index (χ2v) is 11.6. The van der Waals surface area contributed by atoms with Gasteiger partial charge in [-0.25, -0.2) is 8.42 Å². The molecule has 35 heavy (non-hydrogen) atoms. The Balaban J connectivity index is 1.44. The lowest BCUT2D eigenvalue weighted by Crippen LogP contribution is -2.29. The fourth-order valence-electron chi connectivity index (χ4n) is 5.15. The Morgan fingerprint density at radius 2 is 1.77 bits per heavy atom. The van der Waals surface area contributed by atoms with E-state index < -0.39 is 10.0 Å². The summed E-state index contributed by atoms with van der Waals surface area (Å²) in [5.41, 5.74) is 5.74. The van der Waals surface area contributed by atoms with Gasteiger partial charge in [0.15, 0.2) is 0 Å². The number of hydrogen-bond donors (Lipinski definition) is 2. The maximum absolute atomic E-state index is 13.3. The van der Waals surface area contributed by atoms with Gasteiger partial charge in [-0.3, -0.25) is 4.72 Å². The fourth-order valence-corrected chi connectivity index (χ4v) is 6.30. The molecule has 6 heteroatoms. The molecule has 1 aliphatic heterocycles. The summed E-state index contributed by atoms with van der Waals surface area (Å²) in [6.07, 6.45) is 5.52. The summed E-state index contributed by atoms with van der Waals surface area (Å²) in [7, 11) is -3.71. The normalized spacial score (nSPS) is 20.8. The Hall–Kier alpha value is -3.25. The molecule has 3 aromatic carbocycles. The van der Waals surface area contributed by atoms with Crippen molar-refractivity contribution in [2.45, 2.75) is 57.1 Å². The largest absolute Gasteiger partial charge is 0.491 e. The van der Waals surface area contributed by atoms with Gasteiger partial charge in [0.1, 0.15) is 5.75 Å². The SMILES string of the molecule is Cc1ccc(C)c(NS(=O)(=O)c2ccc3c(c2)[C@H]2C=CC[C@H]2[C@@H](c2ccc(OC(C)C)cc2)N3)c1. The Morgan fingerprint density at radius 1 is 1.00 bits per heavy atom. The third kappa shape index (κ3) is 4.67. The third-order valence-corrected chi connectivity index (χ3v) is 8.26. The first-order valence-corrected chi connectivity index (χ1v) is 13.6. The summed E-state index contributed by atoms with van der Waals surface area (Å²) < 4.78 is 35.1. The Kier molecular flexibility index (Phi) is 6.09. The zero-order valence-corrected chi connectivity index (χ0v) is 21.4. The summed E-state index contributed by atoms with van der Waals surface area (Å²) in [5, 5.41) is 3.69. The van der Waals surface area contributed by atoms with Crippen LogP contribution in [0, 0.1) is 19.8 Å². The lowest BCUT2D eigenvalue weighted by atomic mass is 9.77. The van der Waals surface area contributed by atoms with E-state index in [4.69, 9.17) is 4.74 Å². The van der Waals surface area contributed by atoms with Crippen molar-refractivity contribution in [2.75, 3.05) is 10.0 Å². The van der Waals surface area contributed by atoms with Crippen LogP contribution in [0.15, 0.2) is 77.7 Å². The number of nitrogens with one attached hydrogen (secondary N) is 2. The van der Waals surface area contributed by atoms with Gasteiger partial charge in [0.05, 0.1) is 22.7 Å². The molecule has 2 aliphatic rings. The van der Waals surface area contributed by atoms with Crippen molar-refractivity contribution in [2.24, 2.45) is 5.92 Å². The van der Waals surface area contributed by atoms with E-state index in [9.17, 15) is 8.42 Å². The first kappa shape index (κ1) is 23.5. The number of sulfonamides is 1. The number of rotatable bonds is 6. The van der Waals surface area contributed by atoms with Crippen LogP contribution in [0.5, 0.6) is 5.75 Å². The molecule has 2 N–H and O–H groups in total. The first-order valence-electron chi connectivity index (χ1n) is 12.1. The van der Waals surface area contributed by atoms with Crippen molar-refractivity contribution >= 4 is 21.4 Å². The third-order valence-electron chi connectivity index (χ3n) is 6.89. The zero-order chi connectivity index (χ0) is 24.7. The molecule has 182 valence electrons. The number of ether oxygens (including phenoxy) is 1. The standard InChI is InChI=1S/C29H32N2O3S/c1-18(2)34-22-12-10-21(11-13-22)29-25-7-5-6-24(25)26-17-23(14-15-27(26)30-29)35(32,33)31-28-16-19(3)8-9-20(28)4/h5-6,8-18,24-25,29-31H,7H2,1-4H3/t24-,25+,29+/m0/s1. The molecule has 0 radical (unpaired) electrons. The van der Waals surface area contributed by atoms with E-state index in [1.54, 1.807) is 6.07 Å². The van der Waals surface area contributed by atoms with Crippen LogP contribution in [0.4, 0.5) is 11.4 Å². The number of allylic oxidation sites excluding steroid dienone is 2. The Morgan fingerprint density at radius 3 is 2.51 bits per heavy atom. The predicted octanol–water partition coefficient (Wildman–Crippen LogP) is 6.72. The smallest absolute Gasteiger partial charge is 0.261 e. The van der Waals surface area contributed by atoms with Crippen LogP contribution < -0.4 is 14.8 Å². The average molecular weight is 489 g/mol. The summed E-state index contributed by atoms with van der Waals surface area (Å²) in [6, 6.07) is 19.6. The van der Waals surface area contributed by atoms with Gasteiger partial charge < -0.3 is 10.1 Å². The maximum Gasteiger partial charge on any atom is 0.261 e. The predicted molar refractivity (Wildman–Crippen MR) is 142 cm³/mol. The lowest BCUT2D eigenvalue weighted by Gasteiger charge is -2.37. The van der Waals surface area contributed by atoms with Crippen LogP contribution in [0.1, 0.15) is 54.5 Å². The van der Waals surface area contributed by atoms with E-state index in [2.05, 4.69) is 34.3 Å². The minimum atomic E-state index is -3.71. The highest BCUT2D eigenvalue weighted by atomic mass is 32.2. The molecule has 5 nitrogen and oxygen atoms in total. The van der Waals surface area contributed by atoms with Crippen LogP contribution in [0.25, 0.3) is 0 Å². The molecule has 0 amide bonds. The summed E-state index contributed by atoms with van der Waals surface area (Å²) >= 11 is 0. The highest BCUT2D eigenvalue weighted by molar-refractivity contribution is 7.92. The van der Waals surface area contributed by atoms with Gasteiger partial charge in [-0.2, -0.15) is 0 Å². The second-order valence-electron chi connectivity index (χ2n) is 9.88. The van der Waals surface area contributed by atoms with E-state index in [1.165, 1.54) is 5.56 Å². The van der Waals surface area contributed by atoms with Crippen molar-refractivity contribution in [3.8, 4) is 5.75 Å². The quantitative estimate of drug-likeness (QED) is 0.378. The topological polar surface area (TPSA) is 67.4 Å². The second kappa shape index (κ2) is 9.08. The lowest BCUT2D eigenvalue weighted by molar-refractivity contribution is 0.242. The van der Waals surface area contributed by atoms with Gasteiger partial charge in [0.25, 0.3) is 10.0 Å². The van der Waals surface area contributed by atoms with E-state index in [0.29, 0.717) is 11.6 Å². The number of anilines is 2. The molecule has 0 fully saturated rings. The van der Waals surface area contributed by atoms with Gasteiger partial charge >= 0.3 is 0 Å². The molecule has 1 heterocycles. The summed E-state index contributed by atoms with van der Waals surface area (Å²) in [6.45, 7) is 7.90. The molecule has 3 atom stereocenters. The van der Waals surface area contributed by atoms with Crippen molar-refractivity contribution in [3.63, 3.8) is 0 Å². The first-order chi connectivity index (χ1) is 16.7. The fraction of sp³-hybridized carbons (Fsp3) is 0.310. The van der Waals surface area contributed by atoms with Crippen LogP contribution in [-0.4, -0.2) is 14.5 Å². The molecule has 3 aromatic rings. The summed E-state index contributed by atoms with van der Waals surface area (Å²) in [4.78, 5) is 0.284. The molecule has 0 spiro atoms. The highest BCUT2D eigenvalue weighted by Gasteiger charge is 2.38. The minimum absolute atomic E-state index is 0.138. The van der Waals surface area contributed by atoms with Crippen molar-refractivity contribution < 1.29 is 13.2 Å². The molecule has 0 aromatic heterocycles. The van der Waals surface area contributed by atoms with Gasteiger partial charge in [-0.05, 0) is 98.7 Å². The number of aryl methyl sites for hydroxylation is 2. The highest BCUT2D eigenvalue weighted by Crippen LogP contribution is 2.50. The maximum atomic E-state index is 13.3. The Bertz CT molecular complexity index is 1380. The molecule has 0 saturated carbocycles. The van der Waals surface area contributed by atoms with Gasteiger partial charge in [-0.1, -0.05) is 36.4 Å². The molecular weight excluding hydrogens is 456 g/mol. The van der Waals surface area contributed by atoms with Crippen molar-refractivity contribution in [1.82, 2.24) is 0 Å². The molecule has 0 unspecified atom stereocenters. The van der Waals surface area contributed by atoms with Gasteiger partial charge in [-0.15, -0.1) is 0 Å². The van der Waals surface area contributed by atoms with E-state index >= 15 is 0 Å². The van der Waals surface area contributed by atoms with Crippen LogP contribution in [0.2, 0.25) is 0 Å². The van der Waals surface area contributed by atoms with Crippen molar-refractivity contribution in [1.29, 1.82) is 0 Å². The number of benzene rings is 3. The number of fused-ring (bicyclic) bond motifs is 3. The van der Waals surface area contributed by atoms with Crippen LogP contribution in [-0.2, 0) is 10.0 Å².